The molecule has 2 rings (SSSR count). The van der Waals surface area contributed by atoms with Crippen molar-refractivity contribution in [1.29, 1.82) is 0 Å². The first-order valence-electron chi connectivity index (χ1n) is 7.95. The highest BCUT2D eigenvalue weighted by Gasteiger charge is 2.09. The summed E-state index contributed by atoms with van der Waals surface area (Å²) >= 11 is 1.50. The van der Waals surface area contributed by atoms with Crippen molar-refractivity contribution in [1.82, 2.24) is 5.43 Å². The van der Waals surface area contributed by atoms with E-state index in [1.807, 2.05) is 17.5 Å². The second-order valence-corrected chi connectivity index (χ2v) is 6.62. The largest absolute Gasteiger partial charge is 0.325 e. The molecule has 7 nitrogen and oxygen atoms in total. The van der Waals surface area contributed by atoms with Crippen LogP contribution in [0.1, 0.15) is 25.1 Å². The number of benzene rings is 1. The molecule has 0 aliphatic carbocycles. The Bertz CT molecular complexity index is 816. The minimum absolute atomic E-state index is 0.0215. The van der Waals surface area contributed by atoms with Gasteiger partial charge in [0.25, 0.3) is 0 Å². The zero-order valence-electron chi connectivity index (χ0n) is 14.5. The van der Waals surface area contributed by atoms with Crippen LogP contribution in [0.5, 0.6) is 0 Å². The van der Waals surface area contributed by atoms with Crippen LogP contribution >= 0.6 is 11.3 Å². The third kappa shape index (κ3) is 6.48. The van der Waals surface area contributed by atoms with Crippen molar-refractivity contribution in [3.63, 3.8) is 0 Å². The predicted molar refractivity (Wildman–Crippen MR) is 103 cm³/mol. The summed E-state index contributed by atoms with van der Waals surface area (Å²) in [4.78, 5) is 36.1. The highest BCUT2D eigenvalue weighted by Crippen LogP contribution is 2.21. The monoisotopic (exact) mass is 372 g/mol. The maximum Gasteiger partial charge on any atom is 0.245 e. The summed E-state index contributed by atoms with van der Waals surface area (Å²) in [5.74, 6) is -0.752. The highest BCUT2D eigenvalue weighted by molar-refractivity contribution is 7.10. The fraction of sp³-hybridized carbons (Fsp3) is 0.222. The molecule has 136 valence electrons. The van der Waals surface area contributed by atoms with Gasteiger partial charge >= 0.3 is 0 Å². The van der Waals surface area contributed by atoms with E-state index in [1.54, 1.807) is 31.2 Å². The molecule has 8 heteroatoms. The first-order chi connectivity index (χ1) is 12.4. The predicted octanol–water partition coefficient (Wildman–Crippen LogP) is 2.77. The number of hydrogen-bond donors (Lipinski definition) is 3. The molecule has 3 N–H and O–H groups in total. The number of hydrazone groups is 1. The first-order valence-corrected chi connectivity index (χ1v) is 8.83. The molecule has 0 aliphatic heterocycles. The number of para-hydroxylation sites is 2. The van der Waals surface area contributed by atoms with E-state index in [1.165, 1.54) is 18.3 Å². The van der Waals surface area contributed by atoms with Crippen LogP contribution < -0.4 is 16.1 Å². The number of carbonyl (C=O) groups excluding carboxylic acids is 3. The van der Waals surface area contributed by atoms with Gasteiger partial charge in [-0.3, -0.25) is 14.4 Å². The summed E-state index contributed by atoms with van der Waals surface area (Å²) in [7, 11) is 0. The lowest BCUT2D eigenvalue weighted by molar-refractivity contribution is -0.120. The number of thiophene rings is 1. The van der Waals surface area contributed by atoms with E-state index in [2.05, 4.69) is 21.2 Å². The van der Waals surface area contributed by atoms with Crippen molar-refractivity contribution in [3.8, 4) is 0 Å². The van der Waals surface area contributed by atoms with Crippen molar-refractivity contribution in [2.75, 3.05) is 10.6 Å². The van der Waals surface area contributed by atoms with Crippen molar-refractivity contribution in [2.45, 2.75) is 26.7 Å². The molecule has 0 spiro atoms. The number of amides is 3. The molecule has 0 saturated heterocycles. The Balaban J connectivity index is 1.87. The Morgan fingerprint density at radius 3 is 2.27 bits per heavy atom. The molecule has 0 radical (unpaired) electrons. The van der Waals surface area contributed by atoms with E-state index < -0.39 is 0 Å². The summed E-state index contributed by atoms with van der Waals surface area (Å²) in [5, 5.41) is 11.2. The molecule has 26 heavy (non-hydrogen) atoms. The number of anilines is 2. The molecule has 0 aliphatic rings. The molecule has 2 aromatic rings. The normalized spacial score (nSPS) is 10.9. The fourth-order valence-electron chi connectivity index (χ4n) is 2.13. The molecule has 0 atom stereocenters. The fourth-order valence-corrected chi connectivity index (χ4v) is 2.83. The Morgan fingerprint density at radius 1 is 0.962 bits per heavy atom. The average Bonchev–Trinajstić information content (AvgIpc) is 3.07. The topological polar surface area (TPSA) is 99.7 Å². The molecule has 0 saturated carbocycles. The van der Waals surface area contributed by atoms with E-state index >= 15 is 0 Å². The van der Waals surface area contributed by atoms with Gasteiger partial charge in [-0.1, -0.05) is 18.2 Å². The molecule has 1 aromatic carbocycles. The van der Waals surface area contributed by atoms with Crippen LogP contribution in [0, 0.1) is 0 Å². The molecule has 0 bridgehead atoms. The Kier molecular flexibility index (Phi) is 7.04. The van der Waals surface area contributed by atoms with Crippen molar-refractivity contribution >= 4 is 46.1 Å². The standard InChI is InChI=1S/C18H20N4O3S/c1-12(21-22-18(25)11-14-6-5-9-26-14)10-17(24)20-16-8-4-3-7-15(16)19-13(2)23/h3-9H,10-11H2,1-2H3,(H,19,23)(H,20,24)(H,22,25)/b21-12+. The second kappa shape index (κ2) is 9.47. The van der Waals surface area contributed by atoms with Crippen molar-refractivity contribution in [2.24, 2.45) is 5.10 Å². The lowest BCUT2D eigenvalue weighted by Gasteiger charge is -2.11. The van der Waals surface area contributed by atoms with Crippen LogP contribution in [-0.2, 0) is 20.8 Å². The Hall–Kier alpha value is -3.00. The first kappa shape index (κ1) is 19.3. The van der Waals surface area contributed by atoms with Crippen LogP contribution in [0.25, 0.3) is 0 Å². The van der Waals surface area contributed by atoms with E-state index in [0.717, 1.165) is 4.88 Å². The molecule has 0 fully saturated rings. The van der Waals surface area contributed by atoms with Gasteiger partial charge in [0, 0.05) is 17.5 Å². The number of nitrogens with one attached hydrogen (secondary N) is 3. The smallest absolute Gasteiger partial charge is 0.245 e. The zero-order valence-corrected chi connectivity index (χ0v) is 15.4. The molecule has 3 amide bonds. The van der Waals surface area contributed by atoms with Gasteiger partial charge in [-0.05, 0) is 30.5 Å². The van der Waals surface area contributed by atoms with Crippen molar-refractivity contribution < 1.29 is 14.4 Å². The van der Waals surface area contributed by atoms with Crippen LogP contribution in [-0.4, -0.2) is 23.4 Å². The lowest BCUT2D eigenvalue weighted by atomic mass is 10.2. The third-order valence-electron chi connectivity index (χ3n) is 3.21. The molecule has 0 unspecified atom stereocenters. The lowest BCUT2D eigenvalue weighted by Crippen LogP contribution is -2.22. The maximum absolute atomic E-state index is 12.1. The van der Waals surface area contributed by atoms with Gasteiger partial charge < -0.3 is 10.6 Å². The van der Waals surface area contributed by atoms with Gasteiger partial charge in [-0.15, -0.1) is 11.3 Å². The van der Waals surface area contributed by atoms with Crippen LogP contribution in [0.3, 0.4) is 0 Å². The number of nitrogens with zero attached hydrogens (tertiary/aromatic N) is 1. The molecular formula is C18H20N4O3S. The Morgan fingerprint density at radius 2 is 1.65 bits per heavy atom. The van der Waals surface area contributed by atoms with Gasteiger partial charge in [0.2, 0.25) is 17.7 Å². The van der Waals surface area contributed by atoms with E-state index in [-0.39, 0.29) is 30.6 Å². The third-order valence-corrected chi connectivity index (χ3v) is 4.09. The maximum atomic E-state index is 12.1. The number of carbonyl (C=O) groups is 3. The summed E-state index contributed by atoms with van der Waals surface area (Å²) in [5.41, 5.74) is 3.94. The van der Waals surface area contributed by atoms with Gasteiger partial charge in [0.1, 0.15) is 0 Å². The van der Waals surface area contributed by atoms with Gasteiger partial charge in [-0.2, -0.15) is 5.10 Å². The van der Waals surface area contributed by atoms with Crippen LogP contribution in [0.2, 0.25) is 0 Å². The number of rotatable bonds is 7. The van der Waals surface area contributed by atoms with Crippen LogP contribution in [0.15, 0.2) is 46.9 Å². The van der Waals surface area contributed by atoms with Crippen molar-refractivity contribution in [3.05, 3.63) is 46.7 Å². The zero-order chi connectivity index (χ0) is 18.9. The molecule has 1 heterocycles. The van der Waals surface area contributed by atoms with Crippen LogP contribution in [0.4, 0.5) is 11.4 Å². The van der Waals surface area contributed by atoms with Gasteiger partial charge in [-0.25, -0.2) is 5.43 Å². The van der Waals surface area contributed by atoms with E-state index in [0.29, 0.717) is 17.1 Å². The van der Waals surface area contributed by atoms with E-state index in [4.69, 9.17) is 0 Å². The summed E-state index contributed by atoms with van der Waals surface area (Å²) in [6.45, 7) is 3.05. The summed E-state index contributed by atoms with van der Waals surface area (Å²) in [6.07, 6.45) is 0.276. The molecular weight excluding hydrogens is 352 g/mol. The minimum Gasteiger partial charge on any atom is -0.325 e. The second-order valence-electron chi connectivity index (χ2n) is 5.59. The van der Waals surface area contributed by atoms with Gasteiger partial charge in [0.15, 0.2) is 0 Å². The SMILES string of the molecule is CC(=O)Nc1ccccc1NC(=O)C/C(C)=N/NC(=O)Cc1cccs1. The summed E-state index contributed by atoms with van der Waals surface area (Å²) < 4.78 is 0. The van der Waals surface area contributed by atoms with Gasteiger partial charge in [0.05, 0.1) is 24.2 Å². The van der Waals surface area contributed by atoms with E-state index in [9.17, 15) is 14.4 Å². The minimum atomic E-state index is -0.295. The Labute approximate surface area is 155 Å². The highest BCUT2D eigenvalue weighted by atomic mass is 32.1. The average molecular weight is 372 g/mol. The summed E-state index contributed by atoms with van der Waals surface area (Å²) in [6, 6.07) is 10.7. The number of hydrogen-bond acceptors (Lipinski definition) is 5. The molecule has 1 aromatic heterocycles. The quantitative estimate of drug-likeness (QED) is 0.515.